The Morgan fingerprint density at radius 3 is 2.75 bits per heavy atom. The van der Waals surface area contributed by atoms with Gasteiger partial charge in [0.2, 0.25) is 5.91 Å². The lowest BCUT2D eigenvalue weighted by molar-refractivity contribution is -0.120. The number of carbonyl (C=O) groups is 1. The molecule has 0 atom stereocenters. The van der Waals surface area contributed by atoms with Gasteiger partial charge in [0.25, 0.3) is 0 Å². The van der Waals surface area contributed by atoms with Crippen molar-refractivity contribution >= 4 is 23.7 Å². The van der Waals surface area contributed by atoms with E-state index in [0.717, 1.165) is 11.3 Å². The lowest BCUT2D eigenvalue weighted by Crippen LogP contribution is -2.20. The summed E-state index contributed by atoms with van der Waals surface area (Å²) in [7, 11) is 1.90. The molecule has 0 spiro atoms. The van der Waals surface area contributed by atoms with Gasteiger partial charge in [-0.1, -0.05) is 11.6 Å². The molecule has 0 aliphatic heterocycles. The SMILES string of the molecule is Cn1cccc1CC(=O)NN=Cc1ccc(-c2ccc(Cl)cc2)o1. The Morgan fingerprint density at radius 1 is 1.25 bits per heavy atom. The summed E-state index contributed by atoms with van der Waals surface area (Å²) in [5.74, 6) is 1.08. The van der Waals surface area contributed by atoms with Crippen molar-refractivity contribution in [1.29, 1.82) is 0 Å². The number of hydrogen-bond acceptors (Lipinski definition) is 3. The number of nitrogens with zero attached hydrogens (tertiary/aromatic N) is 2. The molecule has 1 N–H and O–H groups in total. The first-order valence-corrected chi connectivity index (χ1v) is 7.77. The van der Waals surface area contributed by atoms with E-state index in [4.69, 9.17) is 16.0 Å². The second kappa shape index (κ2) is 7.19. The van der Waals surface area contributed by atoms with E-state index < -0.39 is 0 Å². The Morgan fingerprint density at radius 2 is 2.04 bits per heavy atom. The fourth-order valence-corrected chi connectivity index (χ4v) is 2.37. The minimum atomic E-state index is -0.183. The van der Waals surface area contributed by atoms with E-state index in [0.29, 0.717) is 16.5 Å². The largest absolute Gasteiger partial charge is 0.455 e. The van der Waals surface area contributed by atoms with Crippen LogP contribution >= 0.6 is 11.6 Å². The second-order valence-electron chi connectivity index (χ2n) is 5.29. The van der Waals surface area contributed by atoms with E-state index in [-0.39, 0.29) is 12.3 Å². The van der Waals surface area contributed by atoms with Gasteiger partial charge >= 0.3 is 0 Å². The first-order valence-electron chi connectivity index (χ1n) is 7.40. The van der Waals surface area contributed by atoms with Crippen LogP contribution in [0.25, 0.3) is 11.3 Å². The Bertz CT molecular complexity index is 863. The van der Waals surface area contributed by atoms with Crippen molar-refractivity contribution in [3.63, 3.8) is 0 Å². The minimum absolute atomic E-state index is 0.183. The van der Waals surface area contributed by atoms with Crippen molar-refractivity contribution in [2.24, 2.45) is 12.1 Å². The molecule has 5 nitrogen and oxygen atoms in total. The molecule has 0 aliphatic carbocycles. The number of nitrogens with one attached hydrogen (secondary N) is 1. The van der Waals surface area contributed by atoms with Crippen molar-refractivity contribution < 1.29 is 9.21 Å². The summed E-state index contributed by atoms with van der Waals surface area (Å²) in [6.45, 7) is 0. The van der Waals surface area contributed by atoms with E-state index in [1.807, 2.05) is 48.1 Å². The average Bonchev–Trinajstić information content (AvgIpc) is 3.18. The summed E-state index contributed by atoms with van der Waals surface area (Å²) >= 11 is 5.87. The molecule has 24 heavy (non-hydrogen) atoms. The number of amides is 1. The van der Waals surface area contributed by atoms with Gasteiger partial charge in [0.15, 0.2) is 0 Å². The molecule has 3 rings (SSSR count). The summed E-state index contributed by atoms with van der Waals surface area (Å²) in [5, 5.41) is 4.60. The predicted octanol–water partition coefficient (Wildman–Crippen LogP) is 3.63. The Hall–Kier alpha value is -2.79. The molecule has 2 heterocycles. The molecule has 0 fully saturated rings. The zero-order valence-electron chi connectivity index (χ0n) is 13.1. The smallest absolute Gasteiger partial charge is 0.245 e. The van der Waals surface area contributed by atoms with Crippen molar-refractivity contribution in [2.75, 3.05) is 0 Å². The monoisotopic (exact) mass is 341 g/mol. The molecule has 0 saturated carbocycles. The number of aryl methyl sites for hydroxylation is 1. The predicted molar refractivity (Wildman–Crippen MR) is 94.0 cm³/mol. The Labute approximate surface area is 144 Å². The molecule has 6 heteroatoms. The zero-order chi connectivity index (χ0) is 16.9. The third-order valence-electron chi connectivity index (χ3n) is 3.53. The van der Waals surface area contributed by atoms with Crippen LogP contribution in [0.5, 0.6) is 0 Å². The Kier molecular flexibility index (Phi) is 4.82. The fraction of sp³-hybridized carbons (Fsp3) is 0.111. The summed E-state index contributed by atoms with van der Waals surface area (Å²) in [5.41, 5.74) is 4.34. The Balaban J connectivity index is 1.58. The van der Waals surface area contributed by atoms with Crippen LogP contribution in [0.15, 0.2) is 64.2 Å². The van der Waals surface area contributed by atoms with Gasteiger partial charge in [0.05, 0.1) is 12.6 Å². The summed E-state index contributed by atoms with van der Waals surface area (Å²) < 4.78 is 7.57. The lowest BCUT2D eigenvalue weighted by atomic mass is 10.2. The van der Waals surface area contributed by atoms with E-state index in [9.17, 15) is 4.79 Å². The third-order valence-corrected chi connectivity index (χ3v) is 3.78. The number of hydrogen-bond donors (Lipinski definition) is 1. The maximum Gasteiger partial charge on any atom is 0.245 e. The van der Waals surface area contributed by atoms with Crippen molar-refractivity contribution in [1.82, 2.24) is 9.99 Å². The summed E-state index contributed by atoms with van der Waals surface area (Å²) in [4.78, 5) is 11.8. The average molecular weight is 342 g/mol. The van der Waals surface area contributed by atoms with Crippen LogP contribution in [0.3, 0.4) is 0 Å². The standard InChI is InChI=1S/C18H16ClN3O2/c1-22-10-2-3-15(22)11-18(23)21-20-12-16-8-9-17(24-16)13-4-6-14(19)7-5-13/h2-10,12H,11H2,1H3,(H,21,23). The van der Waals surface area contributed by atoms with Gasteiger partial charge in [0.1, 0.15) is 11.5 Å². The molecule has 0 aliphatic rings. The summed E-state index contributed by atoms with van der Waals surface area (Å²) in [6, 6.07) is 14.8. The highest BCUT2D eigenvalue weighted by atomic mass is 35.5. The molecule has 1 aromatic carbocycles. The molecular weight excluding hydrogens is 326 g/mol. The number of carbonyl (C=O) groups excluding carboxylic acids is 1. The van der Waals surface area contributed by atoms with Gasteiger partial charge in [0, 0.05) is 29.5 Å². The highest BCUT2D eigenvalue weighted by Crippen LogP contribution is 2.23. The molecule has 2 aromatic heterocycles. The number of hydrazone groups is 1. The molecule has 3 aromatic rings. The van der Waals surface area contributed by atoms with Gasteiger partial charge in [-0.05, 0) is 48.5 Å². The molecule has 122 valence electrons. The summed E-state index contributed by atoms with van der Waals surface area (Å²) in [6.07, 6.45) is 3.64. The van der Waals surface area contributed by atoms with Gasteiger partial charge in [-0.2, -0.15) is 5.10 Å². The van der Waals surface area contributed by atoms with E-state index in [1.165, 1.54) is 6.21 Å². The first kappa shape index (κ1) is 16.1. The molecular formula is C18H16ClN3O2. The van der Waals surface area contributed by atoms with Crippen LogP contribution in [0.1, 0.15) is 11.5 Å². The van der Waals surface area contributed by atoms with Crippen LogP contribution in [0, 0.1) is 0 Å². The number of halogens is 1. The van der Waals surface area contributed by atoms with E-state index >= 15 is 0 Å². The quantitative estimate of drug-likeness (QED) is 0.569. The maximum absolute atomic E-state index is 11.8. The number of aromatic nitrogens is 1. The van der Waals surface area contributed by atoms with Gasteiger partial charge < -0.3 is 8.98 Å². The van der Waals surface area contributed by atoms with Crippen LogP contribution in [0.2, 0.25) is 5.02 Å². The first-order chi connectivity index (χ1) is 11.6. The number of benzene rings is 1. The molecule has 0 radical (unpaired) electrons. The van der Waals surface area contributed by atoms with Gasteiger partial charge in [-0.3, -0.25) is 4.79 Å². The van der Waals surface area contributed by atoms with Gasteiger partial charge in [-0.25, -0.2) is 5.43 Å². The molecule has 0 bridgehead atoms. The second-order valence-corrected chi connectivity index (χ2v) is 5.73. The molecule has 1 amide bonds. The molecule has 0 saturated heterocycles. The number of rotatable bonds is 5. The molecule has 0 unspecified atom stereocenters. The van der Waals surface area contributed by atoms with Crippen molar-refractivity contribution in [3.05, 3.63) is 71.2 Å². The van der Waals surface area contributed by atoms with Crippen LogP contribution < -0.4 is 5.43 Å². The fourth-order valence-electron chi connectivity index (χ4n) is 2.24. The highest BCUT2D eigenvalue weighted by Gasteiger charge is 2.05. The third kappa shape index (κ3) is 3.94. The maximum atomic E-state index is 11.8. The highest BCUT2D eigenvalue weighted by molar-refractivity contribution is 6.30. The zero-order valence-corrected chi connectivity index (χ0v) is 13.8. The van der Waals surface area contributed by atoms with Crippen LogP contribution in [0.4, 0.5) is 0 Å². The topological polar surface area (TPSA) is 59.5 Å². The number of furan rings is 1. The normalized spacial score (nSPS) is 11.1. The van der Waals surface area contributed by atoms with Gasteiger partial charge in [-0.15, -0.1) is 0 Å². The van der Waals surface area contributed by atoms with Crippen LogP contribution in [-0.2, 0) is 18.3 Å². The van der Waals surface area contributed by atoms with Crippen molar-refractivity contribution in [3.8, 4) is 11.3 Å². The lowest BCUT2D eigenvalue weighted by Gasteiger charge is -2.01. The van der Waals surface area contributed by atoms with E-state index in [1.54, 1.807) is 18.2 Å². The minimum Gasteiger partial charge on any atom is -0.455 e. The van der Waals surface area contributed by atoms with Crippen molar-refractivity contribution in [2.45, 2.75) is 6.42 Å². The van der Waals surface area contributed by atoms with E-state index in [2.05, 4.69) is 10.5 Å². The van der Waals surface area contributed by atoms with Crippen LogP contribution in [-0.4, -0.2) is 16.7 Å².